The second-order valence-corrected chi connectivity index (χ2v) is 7.67. The van der Waals surface area contributed by atoms with Crippen molar-refractivity contribution >= 4 is 35.6 Å². The Kier molecular flexibility index (Phi) is 8.36. The Morgan fingerprint density at radius 3 is 2.55 bits per heavy atom. The average Bonchev–Trinajstić information content (AvgIpc) is 3.02. The quantitative estimate of drug-likeness (QED) is 0.343. The van der Waals surface area contributed by atoms with E-state index >= 15 is 0 Å². The van der Waals surface area contributed by atoms with E-state index in [2.05, 4.69) is 15.6 Å². The van der Waals surface area contributed by atoms with Gasteiger partial charge in [-0.2, -0.15) is 0 Å². The van der Waals surface area contributed by atoms with E-state index in [4.69, 9.17) is 14.2 Å². The number of hydrogen-bond donors (Lipinski definition) is 2. The Balaban J connectivity index is 0.00000272. The molecule has 1 saturated heterocycles. The predicted molar refractivity (Wildman–Crippen MR) is 131 cm³/mol. The monoisotopic (exact) mass is 541 g/mol. The topological polar surface area (TPSA) is 64.1 Å². The van der Waals surface area contributed by atoms with Crippen molar-refractivity contribution in [3.05, 3.63) is 53.8 Å². The molecule has 0 atom stereocenters. The van der Waals surface area contributed by atoms with Gasteiger partial charge in [0.2, 0.25) is 0 Å². The smallest absolute Gasteiger partial charge is 0.195 e. The van der Waals surface area contributed by atoms with Crippen LogP contribution in [0.5, 0.6) is 11.5 Å². The molecule has 0 unspecified atom stereocenters. The molecule has 0 aliphatic carbocycles. The molecule has 4 rings (SSSR count). The molecule has 1 fully saturated rings. The van der Waals surface area contributed by atoms with E-state index in [0.29, 0.717) is 38.9 Å². The number of hydrogen-bond acceptors (Lipinski definition) is 4. The largest absolute Gasteiger partial charge is 0.490 e. The van der Waals surface area contributed by atoms with Crippen molar-refractivity contribution in [3.63, 3.8) is 0 Å². The lowest BCUT2D eigenvalue weighted by Gasteiger charge is -2.38. The van der Waals surface area contributed by atoms with Gasteiger partial charge in [0.15, 0.2) is 17.5 Å². The molecule has 168 valence electrons. The highest BCUT2D eigenvalue weighted by molar-refractivity contribution is 14.0. The van der Waals surface area contributed by atoms with Crippen molar-refractivity contribution in [3.8, 4) is 11.5 Å². The van der Waals surface area contributed by atoms with Crippen LogP contribution in [0, 0.1) is 5.82 Å². The van der Waals surface area contributed by atoms with E-state index in [-0.39, 0.29) is 35.2 Å². The lowest BCUT2D eigenvalue weighted by Crippen LogP contribution is -2.46. The lowest BCUT2D eigenvalue weighted by molar-refractivity contribution is 0.0513. The number of halogens is 2. The number of guanidine groups is 1. The first-order valence-corrected chi connectivity index (χ1v) is 10.4. The van der Waals surface area contributed by atoms with E-state index in [9.17, 15) is 4.39 Å². The summed E-state index contributed by atoms with van der Waals surface area (Å²) in [4.78, 5) is 4.36. The highest BCUT2D eigenvalue weighted by atomic mass is 127. The van der Waals surface area contributed by atoms with Crippen molar-refractivity contribution in [1.29, 1.82) is 0 Å². The molecule has 0 radical (unpaired) electrons. The van der Waals surface area contributed by atoms with Gasteiger partial charge in [-0.1, -0.05) is 12.1 Å². The average molecular weight is 541 g/mol. The molecule has 2 aliphatic heterocycles. The minimum atomic E-state index is -0.215. The number of nitrogens with zero attached hydrogens (tertiary/aromatic N) is 1. The molecule has 0 amide bonds. The standard InChI is InChI=1S/C23H28FN3O3.HI/c1-25-22(27-19-6-7-20-21(15-19)30-11-3-10-29-20)26-16-23(8-12-28-13-9-23)17-4-2-5-18(24)14-17;/h2,4-7,14-15H,3,8-13,16H2,1H3,(H2,25,26,27);1H. The SMILES string of the molecule is CN=C(NCC1(c2cccc(F)c2)CCOCC1)Nc1ccc2c(c1)OCCCO2.I. The van der Waals surface area contributed by atoms with Crippen LogP contribution in [0.25, 0.3) is 0 Å². The number of nitrogens with one attached hydrogen (secondary N) is 2. The van der Waals surface area contributed by atoms with Gasteiger partial charge in [0.25, 0.3) is 0 Å². The minimum absolute atomic E-state index is 0. The second-order valence-electron chi connectivity index (χ2n) is 7.67. The Morgan fingerprint density at radius 2 is 1.81 bits per heavy atom. The van der Waals surface area contributed by atoms with Crippen LogP contribution in [0.3, 0.4) is 0 Å². The molecule has 2 aromatic carbocycles. The number of rotatable bonds is 4. The molecular formula is C23H29FIN3O3. The van der Waals surface area contributed by atoms with E-state index < -0.39 is 0 Å². The van der Waals surface area contributed by atoms with Crippen LogP contribution in [0.1, 0.15) is 24.8 Å². The normalized spacial score (nSPS) is 17.8. The fraction of sp³-hybridized carbons (Fsp3) is 0.435. The van der Waals surface area contributed by atoms with E-state index in [1.165, 1.54) is 6.07 Å². The molecule has 0 bridgehead atoms. The van der Waals surface area contributed by atoms with Gasteiger partial charge in [0.05, 0.1) is 13.2 Å². The maximum atomic E-state index is 13.9. The summed E-state index contributed by atoms with van der Waals surface area (Å²) in [7, 11) is 1.73. The van der Waals surface area contributed by atoms with Gasteiger partial charge < -0.3 is 24.8 Å². The maximum Gasteiger partial charge on any atom is 0.195 e. The molecule has 2 aliphatic rings. The van der Waals surface area contributed by atoms with Crippen LogP contribution in [-0.2, 0) is 10.2 Å². The number of fused-ring (bicyclic) bond motifs is 1. The molecule has 31 heavy (non-hydrogen) atoms. The van der Waals surface area contributed by atoms with Crippen molar-refractivity contribution in [2.75, 3.05) is 45.3 Å². The van der Waals surface area contributed by atoms with Crippen molar-refractivity contribution < 1.29 is 18.6 Å². The number of benzene rings is 2. The van der Waals surface area contributed by atoms with Crippen molar-refractivity contribution in [1.82, 2.24) is 5.32 Å². The zero-order valence-electron chi connectivity index (χ0n) is 17.7. The molecule has 2 aromatic rings. The van der Waals surface area contributed by atoms with Crippen LogP contribution in [0.4, 0.5) is 10.1 Å². The van der Waals surface area contributed by atoms with Gasteiger partial charge in [0.1, 0.15) is 5.82 Å². The lowest BCUT2D eigenvalue weighted by atomic mass is 9.74. The molecule has 8 heteroatoms. The highest BCUT2D eigenvalue weighted by Gasteiger charge is 2.35. The van der Waals surface area contributed by atoms with Gasteiger partial charge in [-0.15, -0.1) is 24.0 Å². The third-order valence-corrected chi connectivity index (χ3v) is 5.71. The number of aliphatic imine (C=N–C) groups is 1. The Bertz CT molecular complexity index is 903. The Morgan fingerprint density at radius 1 is 1.03 bits per heavy atom. The molecule has 2 N–H and O–H groups in total. The van der Waals surface area contributed by atoms with Gasteiger partial charge in [0, 0.05) is 50.4 Å². The summed E-state index contributed by atoms with van der Waals surface area (Å²) < 4.78 is 30.9. The summed E-state index contributed by atoms with van der Waals surface area (Å²) in [5.41, 5.74) is 1.64. The maximum absolute atomic E-state index is 13.9. The first-order valence-electron chi connectivity index (χ1n) is 10.4. The summed E-state index contributed by atoms with van der Waals surface area (Å²) in [6.07, 6.45) is 2.52. The van der Waals surface area contributed by atoms with Crippen LogP contribution in [0.2, 0.25) is 0 Å². The Labute approximate surface area is 199 Å². The number of ether oxygens (including phenoxy) is 3. The van der Waals surface area contributed by atoms with Gasteiger partial charge in [-0.05, 0) is 42.7 Å². The third kappa shape index (κ3) is 5.79. The summed E-state index contributed by atoms with van der Waals surface area (Å²) in [6.45, 7) is 3.25. The van der Waals surface area contributed by atoms with E-state index in [0.717, 1.165) is 42.0 Å². The zero-order valence-corrected chi connectivity index (χ0v) is 20.0. The van der Waals surface area contributed by atoms with Crippen molar-refractivity contribution in [2.45, 2.75) is 24.7 Å². The van der Waals surface area contributed by atoms with Crippen LogP contribution in [-0.4, -0.2) is 46.0 Å². The highest BCUT2D eigenvalue weighted by Crippen LogP contribution is 2.35. The number of anilines is 1. The summed E-state index contributed by atoms with van der Waals surface area (Å²) in [6, 6.07) is 12.6. The minimum Gasteiger partial charge on any atom is -0.490 e. The predicted octanol–water partition coefficient (Wildman–Crippen LogP) is 4.34. The molecule has 0 aromatic heterocycles. The van der Waals surface area contributed by atoms with E-state index in [1.807, 2.05) is 24.3 Å². The molecule has 0 spiro atoms. The summed E-state index contributed by atoms with van der Waals surface area (Å²) in [5, 5.41) is 6.74. The molecule has 2 heterocycles. The fourth-order valence-corrected chi connectivity index (χ4v) is 3.96. The van der Waals surface area contributed by atoms with Crippen LogP contribution in [0.15, 0.2) is 47.5 Å². The molecule has 6 nitrogen and oxygen atoms in total. The molecular weight excluding hydrogens is 512 g/mol. The molecule has 0 saturated carbocycles. The second kappa shape index (κ2) is 11.0. The van der Waals surface area contributed by atoms with E-state index in [1.54, 1.807) is 19.2 Å². The fourth-order valence-electron chi connectivity index (χ4n) is 3.96. The third-order valence-electron chi connectivity index (χ3n) is 5.71. The zero-order chi connectivity index (χ0) is 20.8. The summed E-state index contributed by atoms with van der Waals surface area (Å²) >= 11 is 0. The first-order chi connectivity index (χ1) is 14.7. The first kappa shape index (κ1) is 23.6. The Hall–Kier alpha value is -2.07. The summed E-state index contributed by atoms with van der Waals surface area (Å²) in [5.74, 6) is 1.92. The van der Waals surface area contributed by atoms with Gasteiger partial charge in [-0.25, -0.2) is 4.39 Å². The van der Waals surface area contributed by atoms with Crippen LogP contribution < -0.4 is 20.1 Å². The van der Waals surface area contributed by atoms with Crippen molar-refractivity contribution in [2.24, 2.45) is 4.99 Å². The van der Waals surface area contributed by atoms with Gasteiger partial charge in [-0.3, -0.25) is 4.99 Å². The van der Waals surface area contributed by atoms with Gasteiger partial charge >= 0.3 is 0 Å². The van der Waals surface area contributed by atoms with Crippen LogP contribution >= 0.6 is 24.0 Å².